The number of carbonyl (C=O) groups is 2. The molecule has 0 saturated heterocycles. The first kappa shape index (κ1) is 16.3. The maximum absolute atomic E-state index is 12.6. The highest BCUT2D eigenvalue weighted by molar-refractivity contribution is 6.07. The van der Waals surface area contributed by atoms with Gasteiger partial charge in [-0.05, 0) is 47.7 Å². The highest BCUT2D eigenvalue weighted by Gasteiger charge is 2.14. The molecule has 0 spiro atoms. The Balaban J connectivity index is 1.84. The number of tetrazole rings is 1. The minimum Gasteiger partial charge on any atom is -0.352 e. The largest absolute Gasteiger partial charge is 0.352 e. The van der Waals surface area contributed by atoms with E-state index in [4.69, 9.17) is 0 Å². The van der Waals surface area contributed by atoms with Crippen LogP contribution in [-0.4, -0.2) is 38.6 Å². The first-order valence-electron chi connectivity index (χ1n) is 7.71. The molecule has 1 aromatic heterocycles. The van der Waals surface area contributed by atoms with E-state index in [0.29, 0.717) is 29.0 Å². The molecule has 0 aliphatic heterocycles. The van der Waals surface area contributed by atoms with Crippen LogP contribution >= 0.6 is 0 Å². The molecule has 8 nitrogen and oxygen atoms in total. The molecule has 3 rings (SSSR count). The van der Waals surface area contributed by atoms with Crippen LogP contribution in [0.5, 0.6) is 0 Å². The summed E-state index contributed by atoms with van der Waals surface area (Å²) in [7, 11) is 0. The number of anilines is 1. The maximum Gasteiger partial charge on any atom is 0.257 e. The summed E-state index contributed by atoms with van der Waals surface area (Å²) >= 11 is 0. The number of aromatic nitrogens is 4. The van der Waals surface area contributed by atoms with Crippen LogP contribution in [0, 0.1) is 0 Å². The molecule has 0 radical (unpaired) electrons. The van der Waals surface area contributed by atoms with Crippen molar-refractivity contribution in [2.45, 2.75) is 6.92 Å². The van der Waals surface area contributed by atoms with Gasteiger partial charge in [-0.2, -0.15) is 4.68 Å². The molecule has 0 fully saturated rings. The molecule has 2 N–H and O–H groups in total. The van der Waals surface area contributed by atoms with Gasteiger partial charge in [0.25, 0.3) is 11.8 Å². The molecule has 0 aliphatic carbocycles. The van der Waals surface area contributed by atoms with Crippen molar-refractivity contribution in [3.05, 3.63) is 66.0 Å². The van der Waals surface area contributed by atoms with E-state index < -0.39 is 0 Å². The highest BCUT2D eigenvalue weighted by Crippen LogP contribution is 2.16. The molecule has 0 bridgehead atoms. The summed E-state index contributed by atoms with van der Waals surface area (Å²) in [6, 6.07) is 13.7. The number of hydrogen-bond donors (Lipinski definition) is 2. The van der Waals surface area contributed by atoms with Crippen LogP contribution in [0.1, 0.15) is 27.6 Å². The van der Waals surface area contributed by atoms with Gasteiger partial charge in [0.2, 0.25) is 0 Å². The number of hydrogen-bond acceptors (Lipinski definition) is 5. The lowest BCUT2D eigenvalue weighted by molar-refractivity contribution is 0.0954. The molecular weight excluding hydrogens is 320 g/mol. The number of benzene rings is 2. The lowest BCUT2D eigenvalue weighted by Gasteiger charge is -2.10. The van der Waals surface area contributed by atoms with Crippen molar-refractivity contribution in [1.82, 2.24) is 25.5 Å². The fraction of sp³-hybridized carbons (Fsp3) is 0.118. The normalized spacial score (nSPS) is 10.3. The zero-order chi connectivity index (χ0) is 17.6. The fourth-order valence-corrected chi connectivity index (χ4v) is 2.34. The topological polar surface area (TPSA) is 102 Å². The van der Waals surface area contributed by atoms with Crippen LogP contribution in [0.3, 0.4) is 0 Å². The van der Waals surface area contributed by atoms with Gasteiger partial charge in [-0.3, -0.25) is 9.59 Å². The molecule has 126 valence electrons. The van der Waals surface area contributed by atoms with Crippen LogP contribution < -0.4 is 10.6 Å². The molecule has 2 amide bonds. The highest BCUT2D eigenvalue weighted by atomic mass is 16.2. The van der Waals surface area contributed by atoms with Crippen molar-refractivity contribution in [1.29, 1.82) is 0 Å². The molecule has 25 heavy (non-hydrogen) atoms. The molecule has 1 heterocycles. The lowest BCUT2D eigenvalue weighted by atomic mass is 10.1. The van der Waals surface area contributed by atoms with Gasteiger partial charge in [-0.15, -0.1) is 5.10 Å². The summed E-state index contributed by atoms with van der Waals surface area (Å²) in [6.07, 6.45) is 1.42. The Hall–Kier alpha value is -3.55. The van der Waals surface area contributed by atoms with Crippen molar-refractivity contribution in [2.24, 2.45) is 0 Å². The quantitative estimate of drug-likeness (QED) is 0.738. The lowest BCUT2D eigenvalue weighted by Crippen LogP contribution is -2.23. The number of carbonyl (C=O) groups excluding carboxylic acids is 2. The van der Waals surface area contributed by atoms with E-state index in [9.17, 15) is 9.59 Å². The first-order chi connectivity index (χ1) is 12.2. The van der Waals surface area contributed by atoms with Gasteiger partial charge >= 0.3 is 0 Å². The number of nitrogens with one attached hydrogen (secondary N) is 2. The summed E-state index contributed by atoms with van der Waals surface area (Å²) in [5.74, 6) is -0.508. The molecule has 0 atom stereocenters. The molecule has 8 heteroatoms. The SMILES string of the molecule is CCNC(=O)c1cccc(NC(=O)c2ccccc2-n2cnnn2)c1. The van der Waals surface area contributed by atoms with Crippen LogP contribution in [0.25, 0.3) is 5.69 Å². The average Bonchev–Trinajstić information content (AvgIpc) is 3.17. The van der Waals surface area contributed by atoms with Gasteiger partial charge in [-0.1, -0.05) is 18.2 Å². The molecule has 0 unspecified atom stereocenters. The van der Waals surface area contributed by atoms with E-state index in [1.807, 2.05) is 6.92 Å². The minimum atomic E-state index is -0.320. The van der Waals surface area contributed by atoms with Gasteiger partial charge < -0.3 is 10.6 Å². The second-order valence-corrected chi connectivity index (χ2v) is 5.17. The molecule has 2 aromatic carbocycles. The van der Waals surface area contributed by atoms with Crippen LogP contribution in [0.4, 0.5) is 5.69 Å². The van der Waals surface area contributed by atoms with Crippen molar-refractivity contribution in [3.8, 4) is 5.69 Å². The summed E-state index contributed by atoms with van der Waals surface area (Å²) in [4.78, 5) is 24.6. The van der Waals surface area contributed by atoms with E-state index >= 15 is 0 Å². The Morgan fingerprint density at radius 2 is 1.92 bits per heavy atom. The predicted octanol–water partition coefficient (Wildman–Crippen LogP) is 1.66. The second-order valence-electron chi connectivity index (χ2n) is 5.17. The third-order valence-corrected chi connectivity index (χ3v) is 3.46. The Bertz CT molecular complexity index is 892. The second kappa shape index (κ2) is 7.35. The maximum atomic E-state index is 12.6. The summed E-state index contributed by atoms with van der Waals surface area (Å²) in [6.45, 7) is 2.38. The third-order valence-electron chi connectivity index (χ3n) is 3.46. The van der Waals surface area contributed by atoms with Crippen molar-refractivity contribution in [3.63, 3.8) is 0 Å². The van der Waals surface area contributed by atoms with Gasteiger partial charge in [0.05, 0.1) is 11.3 Å². The van der Waals surface area contributed by atoms with Gasteiger partial charge in [0.15, 0.2) is 0 Å². The standard InChI is InChI=1S/C17H16N6O2/c1-2-18-16(24)12-6-5-7-13(10-12)20-17(25)14-8-3-4-9-15(14)23-11-19-21-22-23/h3-11H,2H2,1H3,(H,18,24)(H,20,25). The van der Waals surface area contributed by atoms with Crippen molar-refractivity contribution >= 4 is 17.5 Å². The molecule has 0 saturated carbocycles. The van der Waals surface area contributed by atoms with Gasteiger partial charge in [0.1, 0.15) is 6.33 Å². The molecule has 0 aliphatic rings. The Labute approximate surface area is 143 Å². The van der Waals surface area contributed by atoms with E-state index in [0.717, 1.165) is 0 Å². The number of amides is 2. The van der Waals surface area contributed by atoms with Crippen LogP contribution in [-0.2, 0) is 0 Å². The number of rotatable bonds is 5. The Morgan fingerprint density at radius 1 is 1.08 bits per heavy atom. The van der Waals surface area contributed by atoms with E-state index in [-0.39, 0.29) is 11.8 Å². The zero-order valence-corrected chi connectivity index (χ0v) is 13.5. The van der Waals surface area contributed by atoms with E-state index in [2.05, 4.69) is 26.2 Å². The summed E-state index contributed by atoms with van der Waals surface area (Å²) in [5, 5.41) is 16.5. The summed E-state index contributed by atoms with van der Waals surface area (Å²) in [5.41, 5.74) is 1.98. The fourth-order valence-electron chi connectivity index (χ4n) is 2.34. The van der Waals surface area contributed by atoms with Crippen molar-refractivity contribution in [2.75, 3.05) is 11.9 Å². The Kier molecular flexibility index (Phi) is 4.79. The van der Waals surface area contributed by atoms with Crippen LogP contribution in [0.15, 0.2) is 54.9 Å². The smallest absolute Gasteiger partial charge is 0.257 e. The summed E-state index contributed by atoms with van der Waals surface area (Å²) < 4.78 is 1.42. The number of nitrogens with zero attached hydrogens (tertiary/aromatic N) is 4. The Morgan fingerprint density at radius 3 is 2.68 bits per heavy atom. The van der Waals surface area contributed by atoms with E-state index in [1.165, 1.54) is 11.0 Å². The van der Waals surface area contributed by atoms with Gasteiger partial charge in [-0.25, -0.2) is 0 Å². The third kappa shape index (κ3) is 3.69. The number of para-hydroxylation sites is 1. The van der Waals surface area contributed by atoms with Crippen LogP contribution in [0.2, 0.25) is 0 Å². The van der Waals surface area contributed by atoms with Crippen molar-refractivity contribution < 1.29 is 9.59 Å². The molecule has 3 aromatic rings. The first-order valence-corrected chi connectivity index (χ1v) is 7.71. The monoisotopic (exact) mass is 336 g/mol. The predicted molar refractivity (Wildman–Crippen MR) is 91.6 cm³/mol. The average molecular weight is 336 g/mol. The van der Waals surface area contributed by atoms with E-state index in [1.54, 1.807) is 48.5 Å². The minimum absolute atomic E-state index is 0.187. The van der Waals surface area contributed by atoms with Gasteiger partial charge in [0, 0.05) is 17.8 Å². The zero-order valence-electron chi connectivity index (χ0n) is 13.5. The molecular formula is C17H16N6O2.